The quantitative estimate of drug-likeness (QED) is 0.909. The number of benzene rings is 1. The van der Waals surface area contributed by atoms with Gasteiger partial charge in [-0.25, -0.2) is 4.39 Å². The molecule has 0 bridgehead atoms. The lowest BCUT2D eigenvalue weighted by atomic mass is 10.0. The molecule has 1 unspecified atom stereocenters. The van der Waals surface area contributed by atoms with Gasteiger partial charge in [0.1, 0.15) is 17.3 Å². The standard InChI is InChI=1S/C18H22FNO2/c1-13-16(5-2-6-17(13)19)18-8-7-15(22-18)11-20-10-14-4-3-9-21-12-14/h2,5-8,14,20H,3-4,9-12H2,1H3. The van der Waals surface area contributed by atoms with Gasteiger partial charge in [0, 0.05) is 18.7 Å². The average Bonchev–Trinajstić information content (AvgIpc) is 3.00. The van der Waals surface area contributed by atoms with Crippen molar-refractivity contribution < 1.29 is 13.5 Å². The van der Waals surface area contributed by atoms with E-state index < -0.39 is 0 Å². The molecule has 2 heterocycles. The molecule has 1 aromatic heterocycles. The lowest BCUT2D eigenvalue weighted by molar-refractivity contribution is 0.0546. The number of furan rings is 1. The van der Waals surface area contributed by atoms with Crippen LogP contribution in [0.15, 0.2) is 34.7 Å². The summed E-state index contributed by atoms with van der Waals surface area (Å²) in [6.07, 6.45) is 2.37. The third-order valence-electron chi connectivity index (χ3n) is 4.18. The molecule has 2 aromatic rings. The van der Waals surface area contributed by atoms with Crippen LogP contribution in [0.5, 0.6) is 0 Å². The van der Waals surface area contributed by atoms with Gasteiger partial charge in [-0.2, -0.15) is 0 Å². The van der Waals surface area contributed by atoms with Crippen LogP contribution < -0.4 is 5.32 Å². The van der Waals surface area contributed by atoms with Gasteiger partial charge >= 0.3 is 0 Å². The molecule has 118 valence electrons. The number of hydrogen-bond donors (Lipinski definition) is 1. The fourth-order valence-electron chi connectivity index (χ4n) is 2.86. The van der Waals surface area contributed by atoms with Gasteiger partial charge in [0.25, 0.3) is 0 Å². The van der Waals surface area contributed by atoms with Gasteiger partial charge < -0.3 is 14.5 Å². The van der Waals surface area contributed by atoms with Crippen molar-refractivity contribution >= 4 is 0 Å². The highest BCUT2D eigenvalue weighted by Crippen LogP contribution is 2.27. The zero-order valence-electron chi connectivity index (χ0n) is 12.9. The van der Waals surface area contributed by atoms with E-state index in [0.29, 0.717) is 18.0 Å². The molecule has 0 saturated carbocycles. The minimum atomic E-state index is -0.203. The third kappa shape index (κ3) is 3.57. The first kappa shape index (κ1) is 15.3. The van der Waals surface area contributed by atoms with Crippen LogP contribution in [0, 0.1) is 18.7 Å². The number of ether oxygens (including phenoxy) is 1. The van der Waals surface area contributed by atoms with Crippen LogP contribution in [0.1, 0.15) is 24.2 Å². The first-order valence-corrected chi connectivity index (χ1v) is 7.86. The van der Waals surface area contributed by atoms with Crippen molar-refractivity contribution in [1.82, 2.24) is 5.32 Å². The molecular weight excluding hydrogens is 281 g/mol. The Morgan fingerprint density at radius 2 is 2.18 bits per heavy atom. The number of hydrogen-bond acceptors (Lipinski definition) is 3. The summed E-state index contributed by atoms with van der Waals surface area (Å²) in [5.74, 6) is 1.98. The maximum Gasteiger partial charge on any atom is 0.134 e. The van der Waals surface area contributed by atoms with Crippen molar-refractivity contribution in [2.45, 2.75) is 26.3 Å². The molecule has 0 radical (unpaired) electrons. The van der Waals surface area contributed by atoms with E-state index in [2.05, 4.69) is 5.32 Å². The highest BCUT2D eigenvalue weighted by atomic mass is 19.1. The summed E-state index contributed by atoms with van der Waals surface area (Å²) in [5, 5.41) is 3.41. The molecule has 0 aliphatic carbocycles. The van der Waals surface area contributed by atoms with Crippen LogP contribution in [0.2, 0.25) is 0 Å². The van der Waals surface area contributed by atoms with Crippen LogP contribution >= 0.6 is 0 Å². The zero-order valence-corrected chi connectivity index (χ0v) is 12.9. The summed E-state index contributed by atoms with van der Waals surface area (Å²) in [4.78, 5) is 0. The molecule has 0 spiro atoms. The predicted molar refractivity (Wildman–Crippen MR) is 84.1 cm³/mol. The second kappa shape index (κ2) is 7.07. The first-order valence-electron chi connectivity index (χ1n) is 7.86. The van der Waals surface area contributed by atoms with E-state index >= 15 is 0 Å². The van der Waals surface area contributed by atoms with Crippen molar-refractivity contribution in [1.29, 1.82) is 0 Å². The summed E-state index contributed by atoms with van der Waals surface area (Å²) in [6, 6.07) is 8.91. The van der Waals surface area contributed by atoms with Crippen molar-refractivity contribution in [2.24, 2.45) is 5.92 Å². The summed E-state index contributed by atoms with van der Waals surface area (Å²) in [5.41, 5.74) is 1.43. The van der Waals surface area contributed by atoms with Gasteiger partial charge in [-0.3, -0.25) is 0 Å². The third-order valence-corrected chi connectivity index (χ3v) is 4.18. The molecule has 4 heteroatoms. The molecule has 1 N–H and O–H groups in total. The molecular formula is C18H22FNO2. The Hall–Kier alpha value is -1.65. The van der Waals surface area contributed by atoms with E-state index in [1.54, 1.807) is 13.0 Å². The molecule has 1 fully saturated rings. The Kier molecular flexibility index (Phi) is 4.90. The zero-order chi connectivity index (χ0) is 15.4. The molecule has 3 rings (SSSR count). The van der Waals surface area contributed by atoms with Gasteiger partial charge in [-0.1, -0.05) is 12.1 Å². The summed E-state index contributed by atoms with van der Waals surface area (Å²) in [7, 11) is 0. The average molecular weight is 303 g/mol. The van der Waals surface area contributed by atoms with E-state index in [0.717, 1.165) is 43.3 Å². The van der Waals surface area contributed by atoms with Crippen LogP contribution in [0.3, 0.4) is 0 Å². The summed E-state index contributed by atoms with van der Waals surface area (Å²) < 4.78 is 24.9. The Morgan fingerprint density at radius 3 is 3.00 bits per heavy atom. The fourth-order valence-corrected chi connectivity index (χ4v) is 2.86. The second-order valence-corrected chi connectivity index (χ2v) is 5.89. The molecule has 0 amide bonds. The predicted octanol–water partition coefficient (Wildman–Crippen LogP) is 3.91. The maximum absolute atomic E-state index is 13.6. The van der Waals surface area contributed by atoms with Gasteiger partial charge in [0.15, 0.2) is 0 Å². The lowest BCUT2D eigenvalue weighted by Crippen LogP contribution is -2.28. The fraction of sp³-hybridized carbons (Fsp3) is 0.444. The van der Waals surface area contributed by atoms with E-state index in [9.17, 15) is 4.39 Å². The monoisotopic (exact) mass is 303 g/mol. The number of halogens is 1. The number of nitrogens with one attached hydrogen (secondary N) is 1. The van der Waals surface area contributed by atoms with Crippen LogP contribution in [0.25, 0.3) is 11.3 Å². The van der Waals surface area contributed by atoms with E-state index in [-0.39, 0.29) is 5.82 Å². The normalized spacial score (nSPS) is 18.5. The van der Waals surface area contributed by atoms with E-state index in [1.807, 2.05) is 18.2 Å². The maximum atomic E-state index is 13.6. The largest absolute Gasteiger partial charge is 0.460 e. The Balaban J connectivity index is 1.58. The molecule has 1 aliphatic heterocycles. The second-order valence-electron chi connectivity index (χ2n) is 5.89. The Morgan fingerprint density at radius 1 is 1.27 bits per heavy atom. The topological polar surface area (TPSA) is 34.4 Å². The lowest BCUT2D eigenvalue weighted by Gasteiger charge is -2.21. The molecule has 22 heavy (non-hydrogen) atoms. The van der Waals surface area contributed by atoms with Crippen molar-refractivity contribution in [3.05, 3.63) is 47.5 Å². The minimum absolute atomic E-state index is 0.203. The molecule has 1 aliphatic rings. The minimum Gasteiger partial charge on any atom is -0.460 e. The first-order chi connectivity index (χ1) is 10.7. The summed E-state index contributed by atoms with van der Waals surface area (Å²) >= 11 is 0. The molecule has 1 aromatic carbocycles. The molecule has 3 nitrogen and oxygen atoms in total. The summed E-state index contributed by atoms with van der Waals surface area (Å²) in [6.45, 7) is 5.14. The van der Waals surface area contributed by atoms with Crippen LogP contribution in [-0.2, 0) is 11.3 Å². The SMILES string of the molecule is Cc1c(F)cccc1-c1ccc(CNCC2CCCOC2)o1. The van der Waals surface area contributed by atoms with Crippen LogP contribution in [-0.4, -0.2) is 19.8 Å². The molecule has 1 saturated heterocycles. The van der Waals surface area contributed by atoms with Crippen molar-refractivity contribution in [2.75, 3.05) is 19.8 Å². The number of rotatable bonds is 5. The van der Waals surface area contributed by atoms with Gasteiger partial charge in [0.2, 0.25) is 0 Å². The Bertz CT molecular complexity index is 617. The Labute approximate surface area is 130 Å². The van der Waals surface area contributed by atoms with E-state index in [4.69, 9.17) is 9.15 Å². The van der Waals surface area contributed by atoms with Crippen molar-refractivity contribution in [3.8, 4) is 11.3 Å². The molecule has 1 atom stereocenters. The highest BCUT2D eigenvalue weighted by molar-refractivity contribution is 5.62. The van der Waals surface area contributed by atoms with Gasteiger partial charge in [-0.05, 0) is 49.4 Å². The van der Waals surface area contributed by atoms with Crippen LogP contribution in [0.4, 0.5) is 4.39 Å². The smallest absolute Gasteiger partial charge is 0.134 e. The van der Waals surface area contributed by atoms with Gasteiger partial charge in [0.05, 0.1) is 13.2 Å². The highest BCUT2D eigenvalue weighted by Gasteiger charge is 2.14. The van der Waals surface area contributed by atoms with Crippen molar-refractivity contribution in [3.63, 3.8) is 0 Å². The van der Waals surface area contributed by atoms with E-state index in [1.165, 1.54) is 12.5 Å². The van der Waals surface area contributed by atoms with Gasteiger partial charge in [-0.15, -0.1) is 0 Å².